The highest BCUT2D eigenvalue weighted by Gasteiger charge is 2.24. The zero-order valence-corrected chi connectivity index (χ0v) is 21.7. The molecule has 1 aliphatic heterocycles. The van der Waals surface area contributed by atoms with Gasteiger partial charge in [0.05, 0.1) is 0 Å². The third kappa shape index (κ3) is 6.03. The second-order valence-electron chi connectivity index (χ2n) is 10.2. The van der Waals surface area contributed by atoms with Gasteiger partial charge in [-0.1, -0.05) is 29.8 Å². The molecule has 4 rings (SSSR count). The van der Waals surface area contributed by atoms with Crippen LogP contribution in [0.5, 0.6) is 5.75 Å². The summed E-state index contributed by atoms with van der Waals surface area (Å²) < 4.78 is 0. The summed E-state index contributed by atoms with van der Waals surface area (Å²) in [6, 6.07) is 20.2. The number of carbonyl (C=O) groups is 1. The normalized spacial score (nSPS) is 17.3. The summed E-state index contributed by atoms with van der Waals surface area (Å²) in [6.45, 7) is 9.11. The SMILES string of the molecule is CC(C)N(C(=O)c1ccc(C(=C2CCNC(Cc3ccncc3)C2)c2cccc(O)c2)cc1)C(C)C. The van der Waals surface area contributed by atoms with Gasteiger partial charge in [-0.3, -0.25) is 9.78 Å². The first-order valence-corrected chi connectivity index (χ1v) is 12.9. The van der Waals surface area contributed by atoms with Crippen molar-refractivity contribution >= 4 is 11.5 Å². The lowest BCUT2D eigenvalue weighted by Gasteiger charge is -2.31. The van der Waals surface area contributed by atoms with Crippen LogP contribution in [-0.2, 0) is 6.42 Å². The molecule has 0 radical (unpaired) electrons. The van der Waals surface area contributed by atoms with Crippen molar-refractivity contribution in [3.63, 3.8) is 0 Å². The van der Waals surface area contributed by atoms with Crippen molar-refractivity contribution in [1.29, 1.82) is 0 Å². The molecule has 0 aliphatic carbocycles. The second kappa shape index (κ2) is 11.5. The molecule has 0 saturated carbocycles. The molecule has 2 heterocycles. The van der Waals surface area contributed by atoms with Gasteiger partial charge >= 0.3 is 0 Å². The average Bonchev–Trinajstić information content (AvgIpc) is 2.85. The van der Waals surface area contributed by atoms with Crippen LogP contribution in [0, 0.1) is 0 Å². The summed E-state index contributed by atoms with van der Waals surface area (Å²) in [6.07, 6.45) is 6.48. The van der Waals surface area contributed by atoms with Crippen LogP contribution in [0.25, 0.3) is 5.57 Å². The van der Waals surface area contributed by atoms with Crippen molar-refractivity contribution in [3.8, 4) is 5.75 Å². The van der Waals surface area contributed by atoms with Crippen molar-refractivity contribution in [2.45, 2.75) is 65.1 Å². The zero-order valence-electron chi connectivity index (χ0n) is 21.7. The molecule has 1 fully saturated rings. The number of carbonyl (C=O) groups excluding carboxylic acids is 1. The molecule has 1 atom stereocenters. The van der Waals surface area contributed by atoms with E-state index < -0.39 is 0 Å². The van der Waals surface area contributed by atoms with Gasteiger partial charge in [0.2, 0.25) is 0 Å². The summed E-state index contributed by atoms with van der Waals surface area (Å²) in [4.78, 5) is 19.3. The first-order valence-electron chi connectivity index (χ1n) is 12.9. The Morgan fingerprint density at radius 2 is 1.64 bits per heavy atom. The van der Waals surface area contributed by atoms with E-state index in [0.29, 0.717) is 11.6 Å². The predicted octanol–water partition coefficient (Wildman–Crippen LogP) is 5.84. The fourth-order valence-corrected chi connectivity index (χ4v) is 5.30. The maximum Gasteiger partial charge on any atom is 0.254 e. The predicted molar refractivity (Wildman–Crippen MR) is 146 cm³/mol. The van der Waals surface area contributed by atoms with Gasteiger partial charge in [0.1, 0.15) is 5.75 Å². The summed E-state index contributed by atoms with van der Waals surface area (Å²) in [5.74, 6) is 0.307. The summed E-state index contributed by atoms with van der Waals surface area (Å²) in [7, 11) is 0. The number of nitrogens with zero attached hydrogens (tertiary/aromatic N) is 2. The van der Waals surface area contributed by atoms with Gasteiger partial charge in [0.15, 0.2) is 0 Å². The monoisotopic (exact) mass is 483 g/mol. The van der Waals surface area contributed by atoms with Crippen LogP contribution < -0.4 is 5.32 Å². The molecular formula is C31H37N3O2. The molecule has 188 valence electrons. The number of nitrogens with one attached hydrogen (secondary N) is 1. The number of hydrogen-bond donors (Lipinski definition) is 2. The standard InChI is InChI=1S/C31H37N3O2/c1-21(2)34(22(3)4)31(36)25-10-8-24(9-11-25)30(26-6-5-7-29(35)20-26)27-14-17-33-28(19-27)18-23-12-15-32-16-13-23/h5-13,15-16,20-22,28,33,35H,14,17-19H2,1-4H3. The molecule has 2 aromatic carbocycles. The number of phenols is 1. The molecular weight excluding hydrogens is 446 g/mol. The Labute approximate surface area is 214 Å². The Balaban J connectivity index is 1.69. The average molecular weight is 484 g/mol. The maximum absolute atomic E-state index is 13.2. The molecule has 1 aliphatic rings. The molecule has 1 saturated heterocycles. The minimum atomic E-state index is 0.0531. The molecule has 0 bridgehead atoms. The number of phenolic OH excluding ortho intramolecular Hbond substituents is 1. The number of benzene rings is 2. The number of pyridine rings is 1. The Kier molecular flexibility index (Phi) is 8.21. The van der Waals surface area contributed by atoms with Crippen LogP contribution in [0.2, 0.25) is 0 Å². The smallest absolute Gasteiger partial charge is 0.254 e. The Morgan fingerprint density at radius 1 is 0.972 bits per heavy atom. The molecule has 0 spiro atoms. The minimum absolute atomic E-state index is 0.0531. The first-order chi connectivity index (χ1) is 17.3. The minimum Gasteiger partial charge on any atom is -0.508 e. The molecule has 1 unspecified atom stereocenters. The Bertz CT molecular complexity index is 1190. The van der Waals surface area contributed by atoms with Gasteiger partial charge in [-0.05, 0) is 112 Å². The molecule has 36 heavy (non-hydrogen) atoms. The highest BCUT2D eigenvalue weighted by molar-refractivity contribution is 5.95. The van der Waals surface area contributed by atoms with Gasteiger partial charge < -0.3 is 15.3 Å². The first kappa shape index (κ1) is 25.6. The molecule has 3 aromatic rings. The van der Waals surface area contributed by atoms with Crippen molar-refractivity contribution in [2.75, 3.05) is 6.54 Å². The molecule has 5 heteroatoms. The van der Waals surface area contributed by atoms with Crippen LogP contribution in [-0.4, -0.2) is 45.6 Å². The van der Waals surface area contributed by atoms with E-state index in [1.165, 1.54) is 11.1 Å². The largest absolute Gasteiger partial charge is 0.508 e. The zero-order chi connectivity index (χ0) is 25.7. The summed E-state index contributed by atoms with van der Waals surface area (Å²) in [5, 5.41) is 13.9. The Hall–Kier alpha value is -3.44. The lowest BCUT2D eigenvalue weighted by atomic mass is 9.85. The van der Waals surface area contributed by atoms with Gasteiger partial charge in [-0.2, -0.15) is 0 Å². The van der Waals surface area contributed by atoms with Gasteiger partial charge in [-0.25, -0.2) is 0 Å². The van der Waals surface area contributed by atoms with Crippen LogP contribution in [0.4, 0.5) is 0 Å². The van der Waals surface area contributed by atoms with Crippen molar-refractivity contribution in [1.82, 2.24) is 15.2 Å². The lowest BCUT2D eigenvalue weighted by Crippen LogP contribution is -2.42. The Morgan fingerprint density at radius 3 is 2.28 bits per heavy atom. The topological polar surface area (TPSA) is 65.5 Å². The van der Waals surface area contributed by atoms with E-state index in [0.717, 1.165) is 42.5 Å². The lowest BCUT2D eigenvalue weighted by molar-refractivity contribution is 0.0643. The fraction of sp³-hybridized carbons (Fsp3) is 0.355. The van der Waals surface area contributed by atoms with Gasteiger partial charge in [-0.15, -0.1) is 0 Å². The van der Waals surface area contributed by atoms with E-state index in [2.05, 4.69) is 68.3 Å². The molecule has 1 amide bonds. The van der Waals surface area contributed by atoms with Gasteiger partial charge in [0, 0.05) is 36.1 Å². The number of aromatic hydroxyl groups is 1. The number of piperidine rings is 1. The third-order valence-corrected chi connectivity index (χ3v) is 6.84. The maximum atomic E-state index is 13.2. The molecule has 5 nitrogen and oxygen atoms in total. The van der Waals surface area contributed by atoms with E-state index in [4.69, 9.17) is 0 Å². The fourth-order valence-electron chi connectivity index (χ4n) is 5.30. The van der Waals surface area contributed by atoms with Crippen molar-refractivity contribution in [3.05, 3.63) is 101 Å². The van der Waals surface area contributed by atoms with Gasteiger partial charge in [0.25, 0.3) is 5.91 Å². The molecule has 1 aromatic heterocycles. The molecule has 2 N–H and O–H groups in total. The highest BCUT2D eigenvalue weighted by Crippen LogP contribution is 2.34. The summed E-state index contributed by atoms with van der Waals surface area (Å²) >= 11 is 0. The number of aromatic nitrogens is 1. The number of amides is 1. The van der Waals surface area contributed by atoms with Crippen molar-refractivity contribution < 1.29 is 9.90 Å². The van der Waals surface area contributed by atoms with E-state index in [9.17, 15) is 9.90 Å². The van der Waals surface area contributed by atoms with Crippen LogP contribution in [0.3, 0.4) is 0 Å². The van der Waals surface area contributed by atoms with Crippen LogP contribution >= 0.6 is 0 Å². The van der Waals surface area contributed by atoms with Crippen molar-refractivity contribution in [2.24, 2.45) is 0 Å². The highest BCUT2D eigenvalue weighted by atomic mass is 16.3. The number of rotatable bonds is 7. The van der Waals surface area contributed by atoms with E-state index >= 15 is 0 Å². The third-order valence-electron chi connectivity index (χ3n) is 6.84. The van der Waals surface area contributed by atoms with E-state index in [-0.39, 0.29) is 23.7 Å². The van der Waals surface area contributed by atoms with E-state index in [1.54, 1.807) is 6.07 Å². The second-order valence-corrected chi connectivity index (χ2v) is 10.2. The van der Waals surface area contributed by atoms with E-state index in [1.807, 2.05) is 41.6 Å². The van der Waals surface area contributed by atoms with Crippen LogP contribution in [0.15, 0.2) is 78.6 Å². The quantitative estimate of drug-likeness (QED) is 0.443. The summed E-state index contributed by atoms with van der Waals surface area (Å²) in [5.41, 5.74) is 6.55. The van der Waals surface area contributed by atoms with Crippen LogP contribution in [0.1, 0.15) is 67.6 Å². The number of hydrogen-bond acceptors (Lipinski definition) is 4.